The quantitative estimate of drug-likeness (QED) is 0.762. The largest absolute Gasteiger partial charge is 0.493 e. The molecule has 1 aliphatic carbocycles. The van der Waals surface area contributed by atoms with Crippen LogP contribution in [0.2, 0.25) is 0 Å². The second-order valence-corrected chi connectivity index (χ2v) is 5.41. The normalized spacial score (nSPS) is 15.0. The summed E-state index contributed by atoms with van der Waals surface area (Å²) in [6.45, 7) is 0. The van der Waals surface area contributed by atoms with Crippen molar-refractivity contribution < 1.29 is 24.2 Å². The molecule has 1 fully saturated rings. The van der Waals surface area contributed by atoms with E-state index >= 15 is 0 Å². The van der Waals surface area contributed by atoms with Gasteiger partial charge in [0.2, 0.25) is 5.91 Å². The number of carbonyl (C=O) groups excluding carboxylic acids is 1. The Hall–Kier alpha value is -2.24. The van der Waals surface area contributed by atoms with Crippen LogP contribution in [-0.2, 0) is 16.0 Å². The van der Waals surface area contributed by atoms with E-state index in [-0.39, 0.29) is 18.2 Å². The van der Waals surface area contributed by atoms with Crippen molar-refractivity contribution in [1.29, 1.82) is 0 Å². The van der Waals surface area contributed by atoms with Crippen LogP contribution in [0.15, 0.2) is 18.2 Å². The van der Waals surface area contributed by atoms with Crippen molar-refractivity contribution in [2.75, 3.05) is 14.2 Å². The molecular formula is C16H21NO5. The summed E-state index contributed by atoms with van der Waals surface area (Å²) in [6, 6.07) is 4.72. The number of ether oxygens (including phenoxy) is 2. The lowest BCUT2D eigenvalue weighted by Crippen LogP contribution is -2.42. The number of hydrogen-bond donors (Lipinski definition) is 2. The molecule has 0 aromatic heterocycles. The van der Waals surface area contributed by atoms with Crippen LogP contribution in [-0.4, -0.2) is 37.2 Å². The first-order valence-electron chi connectivity index (χ1n) is 7.28. The Labute approximate surface area is 129 Å². The third-order valence-corrected chi connectivity index (χ3v) is 3.76. The molecule has 6 heteroatoms. The molecule has 22 heavy (non-hydrogen) atoms. The molecule has 120 valence electrons. The number of hydrogen-bond acceptors (Lipinski definition) is 4. The third-order valence-electron chi connectivity index (χ3n) is 3.76. The van der Waals surface area contributed by atoms with Gasteiger partial charge in [0.05, 0.1) is 14.2 Å². The van der Waals surface area contributed by atoms with Crippen LogP contribution < -0.4 is 14.8 Å². The van der Waals surface area contributed by atoms with E-state index in [0.29, 0.717) is 17.9 Å². The van der Waals surface area contributed by atoms with Crippen LogP contribution in [0.3, 0.4) is 0 Å². The summed E-state index contributed by atoms with van der Waals surface area (Å²) in [5, 5.41) is 11.7. The molecule has 1 aromatic carbocycles. The Morgan fingerprint density at radius 2 is 1.95 bits per heavy atom. The molecule has 1 aromatic rings. The zero-order valence-corrected chi connectivity index (χ0v) is 12.8. The second kappa shape index (κ2) is 7.15. The van der Waals surface area contributed by atoms with Gasteiger partial charge < -0.3 is 19.9 Å². The molecule has 0 saturated heterocycles. The van der Waals surface area contributed by atoms with Crippen LogP contribution in [0.1, 0.15) is 24.8 Å². The van der Waals surface area contributed by atoms with Crippen molar-refractivity contribution in [1.82, 2.24) is 5.32 Å². The molecule has 0 heterocycles. The minimum absolute atomic E-state index is 0.0857. The number of carboxylic acid groups (broad SMARTS) is 1. The lowest BCUT2D eigenvalue weighted by atomic mass is 10.1. The Kier molecular flexibility index (Phi) is 5.25. The first-order chi connectivity index (χ1) is 10.5. The van der Waals surface area contributed by atoms with Crippen LogP contribution in [0.25, 0.3) is 0 Å². The van der Waals surface area contributed by atoms with Crippen molar-refractivity contribution in [3.05, 3.63) is 23.8 Å². The predicted octanol–water partition coefficient (Wildman–Crippen LogP) is 1.62. The highest BCUT2D eigenvalue weighted by atomic mass is 16.5. The summed E-state index contributed by atoms with van der Waals surface area (Å²) in [7, 11) is 3.12. The van der Waals surface area contributed by atoms with Crippen molar-refractivity contribution in [3.8, 4) is 11.5 Å². The molecular weight excluding hydrogens is 286 g/mol. The van der Waals surface area contributed by atoms with Gasteiger partial charge in [-0.25, -0.2) is 4.79 Å². The lowest BCUT2D eigenvalue weighted by molar-refractivity contribution is -0.142. The van der Waals surface area contributed by atoms with Gasteiger partial charge in [-0.3, -0.25) is 4.79 Å². The Morgan fingerprint density at radius 1 is 1.27 bits per heavy atom. The predicted molar refractivity (Wildman–Crippen MR) is 80.2 cm³/mol. The van der Waals surface area contributed by atoms with Gasteiger partial charge >= 0.3 is 5.97 Å². The van der Waals surface area contributed by atoms with Gasteiger partial charge in [0.1, 0.15) is 6.04 Å². The number of benzene rings is 1. The maximum absolute atomic E-state index is 11.9. The topological polar surface area (TPSA) is 84.9 Å². The Bertz CT molecular complexity index is 553. The number of rotatable bonds is 8. The van der Waals surface area contributed by atoms with Crippen LogP contribution in [0, 0.1) is 5.92 Å². The van der Waals surface area contributed by atoms with E-state index in [9.17, 15) is 9.59 Å². The standard InChI is InChI=1S/C16H21NO5/c1-21-12-7-3-10(9-13(12)22-2)4-8-14(18)17-15(16(19)20)11-5-6-11/h3,7,9,11,15H,4-6,8H2,1-2H3,(H,17,18)(H,19,20). The SMILES string of the molecule is COc1ccc(CCC(=O)NC(C(=O)O)C2CC2)cc1OC. The number of carbonyl (C=O) groups is 2. The molecule has 1 aliphatic rings. The van der Waals surface area contributed by atoms with E-state index in [0.717, 1.165) is 18.4 Å². The first-order valence-corrected chi connectivity index (χ1v) is 7.28. The second-order valence-electron chi connectivity index (χ2n) is 5.41. The maximum atomic E-state index is 11.9. The fourth-order valence-electron chi connectivity index (χ4n) is 2.35. The summed E-state index contributed by atoms with van der Waals surface area (Å²) >= 11 is 0. The van der Waals surface area contributed by atoms with Gasteiger partial charge in [-0.2, -0.15) is 0 Å². The van der Waals surface area contributed by atoms with Crippen molar-refractivity contribution in [2.45, 2.75) is 31.7 Å². The van der Waals surface area contributed by atoms with Gasteiger partial charge in [-0.05, 0) is 42.9 Å². The van der Waals surface area contributed by atoms with E-state index in [1.165, 1.54) is 0 Å². The lowest BCUT2D eigenvalue weighted by Gasteiger charge is -2.14. The molecule has 1 saturated carbocycles. The number of amides is 1. The maximum Gasteiger partial charge on any atom is 0.326 e. The van der Waals surface area contributed by atoms with E-state index < -0.39 is 12.0 Å². The number of methoxy groups -OCH3 is 2. The third kappa shape index (κ3) is 4.13. The van der Waals surface area contributed by atoms with Crippen LogP contribution >= 0.6 is 0 Å². The molecule has 0 radical (unpaired) electrons. The zero-order chi connectivity index (χ0) is 16.1. The monoisotopic (exact) mass is 307 g/mol. The minimum Gasteiger partial charge on any atom is -0.493 e. The van der Waals surface area contributed by atoms with Crippen LogP contribution in [0.5, 0.6) is 11.5 Å². The molecule has 0 bridgehead atoms. The fourth-order valence-corrected chi connectivity index (χ4v) is 2.35. The van der Waals surface area contributed by atoms with E-state index in [1.54, 1.807) is 20.3 Å². The molecule has 0 aliphatic heterocycles. The van der Waals surface area contributed by atoms with E-state index in [4.69, 9.17) is 14.6 Å². The number of carboxylic acids is 1. The Morgan fingerprint density at radius 3 is 2.50 bits per heavy atom. The van der Waals surface area contributed by atoms with Gasteiger partial charge in [0.25, 0.3) is 0 Å². The highest BCUT2D eigenvalue weighted by molar-refractivity contribution is 5.84. The smallest absolute Gasteiger partial charge is 0.326 e. The number of nitrogens with one attached hydrogen (secondary N) is 1. The summed E-state index contributed by atoms with van der Waals surface area (Å²) in [5.41, 5.74) is 0.936. The van der Waals surface area contributed by atoms with Crippen molar-refractivity contribution >= 4 is 11.9 Å². The van der Waals surface area contributed by atoms with Crippen molar-refractivity contribution in [2.24, 2.45) is 5.92 Å². The first kappa shape index (κ1) is 16.1. The highest BCUT2D eigenvalue weighted by Gasteiger charge is 2.37. The van der Waals surface area contributed by atoms with Gasteiger partial charge in [-0.1, -0.05) is 6.07 Å². The molecule has 6 nitrogen and oxygen atoms in total. The average molecular weight is 307 g/mol. The van der Waals surface area contributed by atoms with Gasteiger partial charge in [0.15, 0.2) is 11.5 Å². The van der Waals surface area contributed by atoms with E-state index in [2.05, 4.69) is 5.32 Å². The molecule has 1 unspecified atom stereocenters. The average Bonchev–Trinajstić information content (AvgIpc) is 3.34. The summed E-state index contributed by atoms with van der Waals surface area (Å²) in [6.07, 6.45) is 2.50. The zero-order valence-electron chi connectivity index (χ0n) is 12.8. The van der Waals surface area contributed by atoms with Crippen molar-refractivity contribution in [3.63, 3.8) is 0 Å². The van der Waals surface area contributed by atoms with E-state index in [1.807, 2.05) is 12.1 Å². The summed E-state index contributed by atoms with van der Waals surface area (Å²) in [5.74, 6) is 0.135. The highest BCUT2D eigenvalue weighted by Crippen LogP contribution is 2.33. The molecule has 2 rings (SSSR count). The number of aryl methyl sites for hydroxylation is 1. The Balaban J connectivity index is 1.89. The van der Waals surface area contributed by atoms with Gasteiger partial charge in [0, 0.05) is 6.42 Å². The van der Waals surface area contributed by atoms with Crippen LogP contribution in [0.4, 0.5) is 0 Å². The minimum atomic E-state index is -0.957. The molecule has 1 amide bonds. The molecule has 0 spiro atoms. The fraction of sp³-hybridized carbons (Fsp3) is 0.500. The summed E-state index contributed by atoms with van der Waals surface area (Å²) < 4.78 is 10.4. The summed E-state index contributed by atoms with van der Waals surface area (Å²) in [4.78, 5) is 23.0. The molecule has 2 N–H and O–H groups in total. The molecule has 1 atom stereocenters. The number of aliphatic carboxylic acids is 1. The van der Waals surface area contributed by atoms with Gasteiger partial charge in [-0.15, -0.1) is 0 Å².